The van der Waals surface area contributed by atoms with E-state index in [1.165, 1.54) is 37.0 Å². The van der Waals surface area contributed by atoms with Crippen LogP contribution in [-0.2, 0) is 24.4 Å². The Kier molecular flexibility index (Phi) is 9.16. The molecule has 3 saturated carbocycles. The molecule has 0 saturated heterocycles. The van der Waals surface area contributed by atoms with Gasteiger partial charge in [-0.2, -0.15) is 8.42 Å². The summed E-state index contributed by atoms with van der Waals surface area (Å²) in [6.07, 6.45) is 15.9. The van der Waals surface area contributed by atoms with Crippen LogP contribution in [0.25, 0.3) is 0 Å². The lowest BCUT2D eigenvalue weighted by atomic mass is 9.76. The first-order chi connectivity index (χ1) is 18.7. The largest absolute Gasteiger partial charge is 0.746 e. The van der Waals surface area contributed by atoms with E-state index in [0.717, 1.165) is 88.2 Å². The van der Waals surface area contributed by atoms with E-state index >= 15 is 0 Å². The minimum atomic E-state index is -5.11. The monoisotopic (exact) mass is 573 g/mol. The fourth-order valence-electron chi connectivity index (χ4n) is 7.14. The van der Waals surface area contributed by atoms with Crippen molar-refractivity contribution in [2.24, 2.45) is 0 Å². The Bertz CT molecular complexity index is 1280. The van der Waals surface area contributed by atoms with E-state index in [4.69, 9.17) is 4.18 Å². The molecule has 0 aliphatic heterocycles. The van der Waals surface area contributed by atoms with Gasteiger partial charge >= 0.3 is 0 Å². The summed E-state index contributed by atoms with van der Waals surface area (Å²) in [6, 6.07) is 11.9. The van der Waals surface area contributed by atoms with Gasteiger partial charge in [-0.15, -0.1) is 0 Å². The molecule has 39 heavy (non-hydrogen) atoms. The molecule has 2 aromatic carbocycles. The van der Waals surface area contributed by atoms with Crippen molar-refractivity contribution < 1.29 is 25.6 Å². The van der Waals surface area contributed by atoms with E-state index < -0.39 is 25.7 Å². The normalized spacial score (nSPS) is 21.6. The molecule has 0 bridgehead atoms. The Hall–Kier alpha value is -1.74. The molecule has 0 aromatic heterocycles. The second-order valence-corrected chi connectivity index (χ2v) is 14.7. The Morgan fingerprint density at radius 1 is 0.641 bits per heavy atom. The summed E-state index contributed by atoms with van der Waals surface area (Å²) in [7, 11) is -9.69. The molecule has 0 spiro atoms. The Morgan fingerprint density at radius 3 is 1.51 bits per heavy atom. The molecule has 0 N–H and O–H groups in total. The summed E-state index contributed by atoms with van der Waals surface area (Å²) < 4.78 is 71.0. The molecule has 5 rings (SSSR count). The highest BCUT2D eigenvalue weighted by molar-refractivity contribution is 7.89. The number of hydrogen-bond acceptors (Lipinski definition) is 6. The third-order valence-electron chi connectivity index (χ3n) is 9.13. The van der Waals surface area contributed by atoms with Crippen LogP contribution >= 0.6 is 0 Å². The van der Waals surface area contributed by atoms with Crippen LogP contribution in [0.5, 0.6) is 0 Å². The second-order valence-electron chi connectivity index (χ2n) is 11.8. The van der Waals surface area contributed by atoms with Crippen molar-refractivity contribution in [2.45, 2.75) is 124 Å². The SMILES string of the molecule is O=S(=O)(OC(c1ccccc1)S(=O)(=O)[O-])c1c(C2CCCCC2)cc(C2CCCCC2)cc1C1CCCCC1. The van der Waals surface area contributed by atoms with Gasteiger partial charge in [-0.05, 0) is 78.5 Å². The van der Waals surface area contributed by atoms with Crippen molar-refractivity contribution >= 4 is 20.2 Å². The molecule has 0 heterocycles. The molecule has 0 amide bonds. The molecule has 3 aliphatic rings. The minimum absolute atomic E-state index is 0.0216. The average Bonchev–Trinajstić information content (AvgIpc) is 2.96. The van der Waals surface area contributed by atoms with Crippen LogP contribution in [0, 0.1) is 0 Å². The molecule has 8 heteroatoms. The molecule has 1 unspecified atom stereocenters. The molecule has 0 radical (unpaired) electrons. The van der Waals surface area contributed by atoms with Crippen LogP contribution in [0.3, 0.4) is 0 Å². The number of hydrogen-bond donors (Lipinski definition) is 0. The summed E-state index contributed by atoms with van der Waals surface area (Å²) >= 11 is 0. The first kappa shape index (κ1) is 28.8. The van der Waals surface area contributed by atoms with E-state index in [1.54, 1.807) is 18.2 Å². The standard InChI is InChI=1S/C31H42O6S2/c32-38(33,34)31(26-19-11-4-12-20-26)37-39(35,36)30-28(24-15-7-2-8-16-24)21-27(23-13-5-1-6-14-23)22-29(30)25-17-9-3-10-18-25/h4,11-12,19-25,31H,1-3,5-10,13-18H2,(H,32,33,34)/p-1. The molecule has 3 aliphatic carbocycles. The van der Waals surface area contributed by atoms with Crippen LogP contribution in [0.2, 0.25) is 0 Å². The second kappa shape index (κ2) is 12.4. The van der Waals surface area contributed by atoms with Crippen LogP contribution < -0.4 is 0 Å². The van der Waals surface area contributed by atoms with Crippen LogP contribution in [0.15, 0.2) is 47.4 Å². The van der Waals surface area contributed by atoms with Crippen molar-refractivity contribution in [3.8, 4) is 0 Å². The van der Waals surface area contributed by atoms with Gasteiger partial charge in [-0.25, -0.2) is 12.6 Å². The lowest BCUT2D eigenvalue weighted by Crippen LogP contribution is -2.24. The van der Waals surface area contributed by atoms with Crippen molar-refractivity contribution in [3.63, 3.8) is 0 Å². The van der Waals surface area contributed by atoms with Gasteiger partial charge in [0.1, 0.15) is 15.0 Å². The van der Waals surface area contributed by atoms with Gasteiger partial charge < -0.3 is 4.55 Å². The maximum absolute atomic E-state index is 14.3. The summed E-state index contributed by atoms with van der Waals surface area (Å²) in [6.45, 7) is 0. The molecule has 1 atom stereocenters. The zero-order valence-electron chi connectivity index (χ0n) is 22.7. The van der Waals surface area contributed by atoms with Gasteiger partial charge in [0.15, 0.2) is 5.44 Å². The van der Waals surface area contributed by atoms with E-state index in [0.29, 0.717) is 5.92 Å². The third-order valence-corrected chi connectivity index (χ3v) is 11.6. The number of rotatable bonds is 8. The Labute approximate surface area is 234 Å². The molecule has 214 valence electrons. The fraction of sp³-hybridized carbons (Fsp3) is 0.613. The fourth-order valence-corrected chi connectivity index (χ4v) is 9.79. The van der Waals surface area contributed by atoms with Gasteiger partial charge in [0, 0.05) is 0 Å². The molecular weight excluding hydrogens is 532 g/mol. The number of benzene rings is 2. The first-order valence-corrected chi connectivity index (χ1v) is 17.7. The van der Waals surface area contributed by atoms with Crippen molar-refractivity contribution in [2.75, 3.05) is 0 Å². The van der Waals surface area contributed by atoms with E-state index in [-0.39, 0.29) is 22.3 Å². The first-order valence-electron chi connectivity index (χ1n) is 14.8. The molecule has 6 nitrogen and oxygen atoms in total. The highest BCUT2D eigenvalue weighted by atomic mass is 32.2. The van der Waals surface area contributed by atoms with E-state index in [1.807, 2.05) is 0 Å². The van der Waals surface area contributed by atoms with Gasteiger partial charge in [0.25, 0.3) is 10.1 Å². The quantitative estimate of drug-likeness (QED) is 0.236. The smallest absolute Gasteiger partial charge is 0.299 e. The molecule has 3 fully saturated rings. The Morgan fingerprint density at radius 2 is 1.08 bits per heavy atom. The predicted octanol–water partition coefficient (Wildman–Crippen LogP) is 7.78. The van der Waals surface area contributed by atoms with Crippen LogP contribution in [-0.4, -0.2) is 21.4 Å². The van der Waals surface area contributed by atoms with Crippen molar-refractivity contribution in [1.29, 1.82) is 0 Å². The van der Waals surface area contributed by atoms with Crippen LogP contribution in [0.4, 0.5) is 0 Å². The topological polar surface area (TPSA) is 101 Å². The lowest BCUT2D eigenvalue weighted by molar-refractivity contribution is 0.262. The van der Waals surface area contributed by atoms with E-state index in [9.17, 15) is 21.4 Å². The van der Waals surface area contributed by atoms with Gasteiger partial charge in [-0.1, -0.05) is 100 Å². The molecule has 2 aromatic rings. The minimum Gasteiger partial charge on any atom is -0.746 e. The van der Waals surface area contributed by atoms with Gasteiger partial charge in [0.05, 0.1) is 0 Å². The summed E-state index contributed by atoms with van der Waals surface area (Å²) in [5, 5.41) is 0. The molecular formula is C31H41O6S2-. The predicted molar refractivity (Wildman–Crippen MR) is 151 cm³/mol. The van der Waals surface area contributed by atoms with Gasteiger partial charge in [0.2, 0.25) is 0 Å². The van der Waals surface area contributed by atoms with Gasteiger partial charge in [-0.3, -0.25) is 0 Å². The summed E-state index contributed by atoms with van der Waals surface area (Å²) in [5.41, 5.74) is 0.696. The van der Waals surface area contributed by atoms with Crippen LogP contribution in [0.1, 0.15) is 142 Å². The zero-order chi connectivity index (χ0) is 27.5. The third kappa shape index (κ3) is 6.77. The maximum Gasteiger partial charge on any atom is 0.299 e. The zero-order valence-corrected chi connectivity index (χ0v) is 24.4. The summed E-state index contributed by atoms with van der Waals surface area (Å²) in [5.74, 6) is 0.578. The van der Waals surface area contributed by atoms with E-state index in [2.05, 4.69) is 12.1 Å². The highest BCUT2D eigenvalue weighted by Gasteiger charge is 2.36. The van der Waals surface area contributed by atoms with Crippen molar-refractivity contribution in [3.05, 3.63) is 64.7 Å². The lowest BCUT2D eigenvalue weighted by Gasteiger charge is -2.32. The maximum atomic E-state index is 14.3. The Balaban J connectivity index is 1.67. The summed E-state index contributed by atoms with van der Waals surface area (Å²) in [4.78, 5) is 0.144. The van der Waals surface area contributed by atoms with Crippen molar-refractivity contribution in [1.82, 2.24) is 0 Å². The average molecular weight is 574 g/mol. The highest BCUT2D eigenvalue weighted by Crippen LogP contribution is 2.46.